The monoisotopic (exact) mass is 350 g/mol. The van der Waals surface area contributed by atoms with E-state index in [-0.39, 0.29) is 23.5 Å². The molecule has 2 N–H and O–H groups in total. The lowest BCUT2D eigenvalue weighted by atomic mass is 10.2. The van der Waals surface area contributed by atoms with Gasteiger partial charge in [0.1, 0.15) is 22.6 Å². The second-order valence-electron chi connectivity index (χ2n) is 5.13. The molecule has 0 spiro atoms. The van der Waals surface area contributed by atoms with Gasteiger partial charge in [-0.3, -0.25) is 4.79 Å². The molecule has 1 atom stereocenters. The molecule has 1 aliphatic rings. The predicted molar refractivity (Wildman–Crippen MR) is 92.7 cm³/mol. The van der Waals surface area contributed by atoms with Crippen LogP contribution in [0.1, 0.15) is 19.4 Å². The van der Waals surface area contributed by atoms with Gasteiger partial charge in [-0.15, -0.1) is 0 Å². The molecule has 2 rings (SSSR count). The number of hydrogen-bond donors (Lipinski definition) is 1. The molecule has 1 aromatic rings. The highest BCUT2D eigenvalue weighted by Crippen LogP contribution is 2.36. The maximum atomic E-state index is 12.3. The van der Waals surface area contributed by atoms with Gasteiger partial charge < -0.3 is 20.1 Å². The highest BCUT2D eigenvalue weighted by Gasteiger charge is 2.38. The van der Waals surface area contributed by atoms with Crippen molar-refractivity contribution in [1.29, 1.82) is 0 Å². The molecule has 1 aliphatic heterocycles. The third-order valence-electron chi connectivity index (χ3n) is 3.49. The van der Waals surface area contributed by atoms with E-state index >= 15 is 0 Å². The zero-order valence-corrected chi connectivity index (χ0v) is 14.7. The number of rotatable bonds is 7. The highest BCUT2D eigenvalue weighted by molar-refractivity contribution is 8.04. The number of benzene rings is 1. The number of esters is 1. The molecule has 1 saturated heterocycles. The maximum Gasteiger partial charge on any atom is 0.357 e. The third-order valence-corrected chi connectivity index (χ3v) is 4.78. The Morgan fingerprint density at radius 2 is 2.00 bits per heavy atom. The first-order chi connectivity index (χ1) is 11.6. The summed E-state index contributed by atoms with van der Waals surface area (Å²) in [6, 6.07) is 9.35. The lowest BCUT2D eigenvalue weighted by Crippen LogP contribution is -2.32. The fourth-order valence-corrected chi connectivity index (χ4v) is 3.47. The van der Waals surface area contributed by atoms with Crippen molar-refractivity contribution in [3.8, 4) is 0 Å². The standard InChI is InChI=1S/C17H22N2O4S/c1-3-19-15(20)13(11-22-4-2)24-16(19)14(18)17(21)23-10-12-8-6-5-7-9-12/h5-9,13H,3-4,10-11,18H2,1-2H3/b16-14+/t13-/m1/s1. The minimum atomic E-state index is -0.621. The van der Waals surface area contributed by atoms with Crippen molar-refractivity contribution >= 4 is 23.6 Å². The number of nitrogens with zero attached hydrogens (tertiary/aromatic N) is 1. The molecule has 6 nitrogen and oxygen atoms in total. The number of carbonyl (C=O) groups excluding carboxylic acids is 2. The number of amides is 1. The SMILES string of the molecule is CCOC[C@H]1S/C(=C(/N)C(=O)OCc2ccccc2)N(CC)C1=O. The van der Waals surface area contributed by atoms with Crippen molar-refractivity contribution in [3.05, 3.63) is 46.6 Å². The first-order valence-electron chi connectivity index (χ1n) is 7.85. The smallest absolute Gasteiger partial charge is 0.357 e. The van der Waals surface area contributed by atoms with Gasteiger partial charge in [-0.05, 0) is 19.4 Å². The lowest BCUT2D eigenvalue weighted by molar-refractivity contribution is -0.140. The summed E-state index contributed by atoms with van der Waals surface area (Å²) >= 11 is 1.25. The molecular formula is C17H22N2O4S. The van der Waals surface area contributed by atoms with Crippen LogP contribution in [0.3, 0.4) is 0 Å². The average molecular weight is 350 g/mol. The molecule has 1 heterocycles. The lowest BCUT2D eigenvalue weighted by Gasteiger charge is -2.16. The summed E-state index contributed by atoms with van der Waals surface area (Å²) in [5.41, 5.74) is 6.79. The molecule has 0 radical (unpaired) electrons. The van der Waals surface area contributed by atoms with Crippen LogP contribution in [0.5, 0.6) is 0 Å². The van der Waals surface area contributed by atoms with Crippen molar-refractivity contribution in [3.63, 3.8) is 0 Å². The third kappa shape index (κ3) is 4.30. The molecule has 7 heteroatoms. The van der Waals surface area contributed by atoms with E-state index in [1.54, 1.807) is 0 Å². The van der Waals surface area contributed by atoms with E-state index < -0.39 is 5.97 Å². The van der Waals surface area contributed by atoms with Crippen molar-refractivity contribution < 1.29 is 19.1 Å². The molecule has 0 aromatic heterocycles. The zero-order valence-electron chi connectivity index (χ0n) is 13.9. The Bertz CT molecular complexity index is 618. The van der Waals surface area contributed by atoms with Crippen LogP contribution < -0.4 is 5.73 Å². The molecule has 0 bridgehead atoms. The second kappa shape index (κ2) is 8.75. The van der Waals surface area contributed by atoms with Gasteiger partial charge in [-0.1, -0.05) is 42.1 Å². The number of thioether (sulfide) groups is 1. The van der Waals surface area contributed by atoms with Gasteiger partial charge in [-0.25, -0.2) is 4.79 Å². The van der Waals surface area contributed by atoms with Crippen molar-refractivity contribution in [2.45, 2.75) is 25.7 Å². The molecule has 1 aromatic carbocycles. The van der Waals surface area contributed by atoms with Gasteiger partial charge in [0.2, 0.25) is 5.91 Å². The summed E-state index contributed by atoms with van der Waals surface area (Å²) in [7, 11) is 0. The summed E-state index contributed by atoms with van der Waals surface area (Å²) in [5.74, 6) is -0.713. The van der Waals surface area contributed by atoms with Gasteiger partial charge >= 0.3 is 5.97 Å². The van der Waals surface area contributed by atoms with Crippen LogP contribution in [0.15, 0.2) is 41.1 Å². The van der Waals surface area contributed by atoms with E-state index in [0.717, 1.165) is 5.56 Å². The van der Waals surface area contributed by atoms with E-state index in [4.69, 9.17) is 15.2 Å². The number of carbonyl (C=O) groups is 2. The fraction of sp³-hybridized carbons (Fsp3) is 0.412. The van der Waals surface area contributed by atoms with Gasteiger partial charge in [0.05, 0.1) is 6.61 Å². The van der Waals surface area contributed by atoms with Gasteiger partial charge in [0.15, 0.2) is 0 Å². The van der Waals surface area contributed by atoms with Crippen LogP contribution in [0.25, 0.3) is 0 Å². The Balaban J connectivity index is 2.07. The Hall–Kier alpha value is -1.99. The molecule has 0 saturated carbocycles. The summed E-state index contributed by atoms with van der Waals surface area (Å²) in [5, 5.41) is 0.0747. The molecule has 0 aliphatic carbocycles. The molecule has 0 unspecified atom stereocenters. The van der Waals surface area contributed by atoms with Crippen LogP contribution in [0, 0.1) is 0 Å². The van der Waals surface area contributed by atoms with E-state index in [0.29, 0.717) is 24.8 Å². The molecule has 130 valence electrons. The first kappa shape index (κ1) is 18.4. The van der Waals surface area contributed by atoms with Crippen molar-refractivity contribution in [1.82, 2.24) is 4.90 Å². The number of nitrogens with two attached hydrogens (primary N) is 1. The van der Waals surface area contributed by atoms with Crippen molar-refractivity contribution in [2.75, 3.05) is 19.8 Å². The Kier molecular flexibility index (Phi) is 6.69. The Morgan fingerprint density at radius 1 is 1.29 bits per heavy atom. The largest absolute Gasteiger partial charge is 0.456 e. The van der Waals surface area contributed by atoms with Gasteiger partial charge in [0.25, 0.3) is 0 Å². The van der Waals surface area contributed by atoms with Crippen LogP contribution in [0.4, 0.5) is 0 Å². The Morgan fingerprint density at radius 3 is 2.62 bits per heavy atom. The maximum absolute atomic E-state index is 12.3. The van der Waals surface area contributed by atoms with Gasteiger partial charge in [-0.2, -0.15) is 0 Å². The number of ether oxygens (including phenoxy) is 2. The minimum absolute atomic E-state index is 0.0369. The highest BCUT2D eigenvalue weighted by atomic mass is 32.2. The van der Waals surface area contributed by atoms with Gasteiger partial charge in [0, 0.05) is 13.2 Å². The van der Waals surface area contributed by atoms with Crippen LogP contribution in [0.2, 0.25) is 0 Å². The van der Waals surface area contributed by atoms with Crippen LogP contribution in [-0.2, 0) is 25.7 Å². The summed E-state index contributed by atoms with van der Waals surface area (Å²) in [6.07, 6.45) is 0. The second-order valence-corrected chi connectivity index (χ2v) is 6.32. The molecule has 1 fully saturated rings. The van der Waals surface area contributed by atoms with E-state index in [1.807, 2.05) is 44.2 Å². The molecule has 24 heavy (non-hydrogen) atoms. The fourth-order valence-electron chi connectivity index (χ4n) is 2.25. The quantitative estimate of drug-likeness (QED) is 0.597. The number of hydrogen-bond acceptors (Lipinski definition) is 6. The topological polar surface area (TPSA) is 81.9 Å². The summed E-state index contributed by atoms with van der Waals surface area (Å²) < 4.78 is 10.6. The van der Waals surface area contributed by atoms with E-state index in [9.17, 15) is 9.59 Å². The minimum Gasteiger partial charge on any atom is -0.456 e. The van der Waals surface area contributed by atoms with Crippen LogP contribution in [-0.4, -0.2) is 41.8 Å². The first-order valence-corrected chi connectivity index (χ1v) is 8.73. The van der Waals surface area contributed by atoms with E-state index in [1.165, 1.54) is 16.7 Å². The summed E-state index contributed by atoms with van der Waals surface area (Å²) in [6.45, 7) is 5.12. The Labute approximate surface area is 146 Å². The van der Waals surface area contributed by atoms with Crippen LogP contribution >= 0.6 is 11.8 Å². The average Bonchev–Trinajstić information content (AvgIpc) is 2.93. The normalized spacial score (nSPS) is 19.5. The molecular weight excluding hydrogens is 328 g/mol. The summed E-state index contributed by atoms with van der Waals surface area (Å²) in [4.78, 5) is 26.1. The predicted octanol–water partition coefficient (Wildman–Crippen LogP) is 1.86. The molecule has 1 amide bonds. The van der Waals surface area contributed by atoms with Crippen molar-refractivity contribution in [2.24, 2.45) is 5.73 Å². The zero-order chi connectivity index (χ0) is 17.5. The van der Waals surface area contributed by atoms with E-state index in [2.05, 4.69) is 0 Å².